The van der Waals surface area contributed by atoms with E-state index < -0.39 is 0 Å². The summed E-state index contributed by atoms with van der Waals surface area (Å²) in [5, 5.41) is 6.68. The van der Waals surface area contributed by atoms with Gasteiger partial charge in [0.05, 0.1) is 12.4 Å². The van der Waals surface area contributed by atoms with Crippen LogP contribution in [-0.2, 0) is 11.3 Å². The van der Waals surface area contributed by atoms with Crippen molar-refractivity contribution in [2.24, 2.45) is 4.99 Å². The van der Waals surface area contributed by atoms with Crippen molar-refractivity contribution in [2.75, 3.05) is 26.7 Å². The van der Waals surface area contributed by atoms with E-state index in [1.165, 1.54) is 32.1 Å². The van der Waals surface area contributed by atoms with Crippen LogP contribution in [-0.4, -0.2) is 48.4 Å². The monoisotopic (exact) mass is 449 g/mol. The molecule has 6 nitrogen and oxygen atoms in total. The zero-order chi connectivity index (χ0) is 16.2. The smallest absolute Gasteiger partial charge is 0.190 e. The fraction of sp³-hybridized carbons (Fsp3) is 0.765. The number of hydrogen-bond donors (Lipinski definition) is 2. The normalized spacial score (nSPS) is 15.8. The third-order valence-electron chi connectivity index (χ3n) is 4.19. The molecule has 2 N–H and O–H groups in total. The summed E-state index contributed by atoms with van der Waals surface area (Å²) in [6.07, 6.45) is 14.7. The molecule has 1 aromatic rings. The number of ether oxygens (including phenoxy) is 1. The highest BCUT2D eigenvalue weighted by Crippen LogP contribution is 2.20. The standard InChI is InChI=1S/C17H31N5O.HI/c1-18-17(20-9-5-12-22-13-11-19-15-22)21-10-6-14-23-16-7-3-2-4-8-16;/h11,13,15-16H,2-10,12,14H2,1H3,(H2,18,20,21);1H. The molecule has 0 atom stereocenters. The number of hydrogen-bond acceptors (Lipinski definition) is 3. The third-order valence-corrected chi connectivity index (χ3v) is 4.19. The molecule has 0 radical (unpaired) electrons. The Labute approximate surface area is 162 Å². The second-order valence-corrected chi connectivity index (χ2v) is 6.06. The van der Waals surface area contributed by atoms with E-state index in [-0.39, 0.29) is 24.0 Å². The van der Waals surface area contributed by atoms with E-state index in [2.05, 4.69) is 25.2 Å². The highest BCUT2D eigenvalue weighted by Gasteiger charge is 2.12. The van der Waals surface area contributed by atoms with Crippen LogP contribution in [0.1, 0.15) is 44.9 Å². The number of aromatic nitrogens is 2. The number of imidazole rings is 1. The van der Waals surface area contributed by atoms with Gasteiger partial charge in [-0.1, -0.05) is 19.3 Å². The van der Waals surface area contributed by atoms with Crippen molar-refractivity contribution in [3.05, 3.63) is 18.7 Å². The number of aryl methyl sites for hydroxylation is 1. The first-order chi connectivity index (χ1) is 11.4. The molecule has 1 aliphatic rings. The van der Waals surface area contributed by atoms with E-state index in [0.29, 0.717) is 6.10 Å². The van der Waals surface area contributed by atoms with Gasteiger partial charge in [0.2, 0.25) is 0 Å². The summed E-state index contributed by atoms with van der Waals surface area (Å²) in [6, 6.07) is 0. The van der Waals surface area contributed by atoms with Gasteiger partial charge in [-0.25, -0.2) is 4.98 Å². The summed E-state index contributed by atoms with van der Waals surface area (Å²) in [5.41, 5.74) is 0. The van der Waals surface area contributed by atoms with Gasteiger partial charge in [0, 0.05) is 45.7 Å². The number of rotatable bonds is 9. The quantitative estimate of drug-likeness (QED) is 0.264. The van der Waals surface area contributed by atoms with E-state index in [1.807, 2.05) is 25.8 Å². The molecule has 1 fully saturated rings. The van der Waals surface area contributed by atoms with Crippen LogP contribution in [0.15, 0.2) is 23.7 Å². The zero-order valence-corrected chi connectivity index (χ0v) is 17.1. The van der Waals surface area contributed by atoms with Crippen LogP contribution < -0.4 is 10.6 Å². The molecule has 2 rings (SSSR count). The summed E-state index contributed by atoms with van der Waals surface area (Å²) in [7, 11) is 1.81. The highest BCUT2D eigenvalue weighted by atomic mass is 127. The maximum atomic E-state index is 5.93. The molecule has 1 aromatic heterocycles. The molecule has 7 heteroatoms. The molecule has 0 spiro atoms. The van der Waals surface area contributed by atoms with E-state index in [9.17, 15) is 0 Å². The number of nitrogens with zero attached hydrogens (tertiary/aromatic N) is 3. The van der Waals surface area contributed by atoms with Crippen LogP contribution in [0.5, 0.6) is 0 Å². The molecule has 0 amide bonds. The first kappa shape index (κ1) is 21.2. The maximum Gasteiger partial charge on any atom is 0.190 e. The Balaban J connectivity index is 0.00000288. The Bertz CT molecular complexity index is 432. The minimum Gasteiger partial charge on any atom is -0.378 e. The lowest BCUT2D eigenvalue weighted by Gasteiger charge is -2.22. The molecular formula is C17H32IN5O. The van der Waals surface area contributed by atoms with Gasteiger partial charge < -0.3 is 19.9 Å². The molecule has 0 bridgehead atoms. The van der Waals surface area contributed by atoms with E-state index in [1.54, 1.807) is 0 Å². The highest BCUT2D eigenvalue weighted by molar-refractivity contribution is 14.0. The molecule has 24 heavy (non-hydrogen) atoms. The number of nitrogens with one attached hydrogen (secondary N) is 2. The van der Waals surface area contributed by atoms with Gasteiger partial charge in [-0.3, -0.25) is 4.99 Å². The van der Waals surface area contributed by atoms with Crippen LogP contribution in [0, 0.1) is 0 Å². The molecule has 1 aliphatic carbocycles. The molecule has 138 valence electrons. The summed E-state index contributed by atoms with van der Waals surface area (Å²) in [4.78, 5) is 8.28. The first-order valence-corrected chi connectivity index (χ1v) is 8.90. The van der Waals surface area contributed by atoms with Crippen molar-refractivity contribution in [3.63, 3.8) is 0 Å². The largest absolute Gasteiger partial charge is 0.378 e. The van der Waals surface area contributed by atoms with Gasteiger partial charge >= 0.3 is 0 Å². The molecule has 1 saturated carbocycles. The molecule has 0 aromatic carbocycles. The predicted octanol–water partition coefficient (Wildman–Crippen LogP) is 2.80. The van der Waals surface area contributed by atoms with Crippen LogP contribution >= 0.6 is 24.0 Å². The van der Waals surface area contributed by atoms with Gasteiger partial charge in [-0.2, -0.15) is 0 Å². The Morgan fingerprint density at radius 3 is 2.62 bits per heavy atom. The lowest BCUT2D eigenvalue weighted by atomic mass is 9.98. The van der Waals surface area contributed by atoms with Crippen LogP contribution in [0.25, 0.3) is 0 Å². The SMILES string of the molecule is CN=C(NCCCOC1CCCCC1)NCCCn1ccnc1.I. The molecule has 1 heterocycles. The number of halogens is 1. The van der Waals surface area contributed by atoms with Gasteiger partial charge in [0.1, 0.15) is 0 Å². The van der Waals surface area contributed by atoms with Crippen molar-refractivity contribution in [1.29, 1.82) is 0 Å². The Morgan fingerprint density at radius 1 is 1.21 bits per heavy atom. The summed E-state index contributed by atoms with van der Waals surface area (Å²) < 4.78 is 8.01. The van der Waals surface area contributed by atoms with Gasteiger partial charge in [-0.05, 0) is 25.7 Å². The second-order valence-electron chi connectivity index (χ2n) is 6.06. The Kier molecular flexibility index (Phi) is 11.9. The van der Waals surface area contributed by atoms with Gasteiger partial charge in [-0.15, -0.1) is 24.0 Å². The molecule has 0 unspecified atom stereocenters. The average molecular weight is 449 g/mol. The topological polar surface area (TPSA) is 63.5 Å². The fourth-order valence-corrected chi connectivity index (χ4v) is 2.87. The predicted molar refractivity (Wildman–Crippen MR) is 109 cm³/mol. The fourth-order valence-electron chi connectivity index (χ4n) is 2.87. The lowest BCUT2D eigenvalue weighted by Crippen LogP contribution is -2.38. The van der Waals surface area contributed by atoms with Crippen LogP contribution in [0.3, 0.4) is 0 Å². The van der Waals surface area contributed by atoms with Gasteiger partial charge in [0.25, 0.3) is 0 Å². The van der Waals surface area contributed by atoms with Crippen LogP contribution in [0.2, 0.25) is 0 Å². The first-order valence-electron chi connectivity index (χ1n) is 8.90. The lowest BCUT2D eigenvalue weighted by molar-refractivity contribution is 0.0277. The van der Waals surface area contributed by atoms with E-state index in [4.69, 9.17) is 4.74 Å². The van der Waals surface area contributed by atoms with Crippen molar-refractivity contribution in [3.8, 4) is 0 Å². The van der Waals surface area contributed by atoms with E-state index >= 15 is 0 Å². The number of aliphatic imine (C=N–C) groups is 1. The van der Waals surface area contributed by atoms with E-state index in [0.717, 1.165) is 45.0 Å². The number of guanidine groups is 1. The molecule has 0 aliphatic heterocycles. The summed E-state index contributed by atoms with van der Waals surface area (Å²) >= 11 is 0. The zero-order valence-electron chi connectivity index (χ0n) is 14.7. The third kappa shape index (κ3) is 8.86. The van der Waals surface area contributed by atoms with Crippen molar-refractivity contribution < 1.29 is 4.74 Å². The molecule has 0 saturated heterocycles. The minimum atomic E-state index is 0. The van der Waals surface area contributed by atoms with Crippen molar-refractivity contribution >= 4 is 29.9 Å². The summed E-state index contributed by atoms with van der Waals surface area (Å²) in [6.45, 7) is 3.61. The van der Waals surface area contributed by atoms with Gasteiger partial charge in [0.15, 0.2) is 5.96 Å². The second kappa shape index (κ2) is 13.5. The van der Waals surface area contributed by atoms with Crippen molar-refractivity contribution in [2.45, 2.75) is 57.6 Å². The Morgan fingerprint density at radius 2 is 1.96 bits per heavy atom. The summed E-state index contributed by atoms with van der Waals surface area (Å²) in [5.74, 6) is 0.869. The molecular weight excluding hydrogens is 417 g/mol. The van der Waals surface area contributed by atoms with Crippen molar-refractivity contribution in [1.82, 2.24) is 20.2 Å². The Hall–Kier alpha value is -0.830. The average Bonchev–Trinajstić information content (AvgIpc) is 3.11. The van der Waals surface area contributed by atoms with Crippen LogP contribution in [0.4, 0.5) is 0 Å². The minimum absolute atomic E-state index is 0. The maximum absolute atomic E-state index is 5.93.